The summed E-state index contributed by atoms with van der Waals surface area (Å²) in [6.45, 7) is 2.59. The normalized spacial score (nSPS) is 19.5. The van der Waals surface area contributed by atoms with Gasteiger partial charge in [-0.1, -0.05) is 12.1 Å². The molecule has 0 aliphatic carbocycles. The highest BCUT2D eigenvalue weighted by Crippen LogP contribution is 2.16. The van der Waals surface area contributed by atoms with Crippen molar-refractivity contribution in [3.8, 4) is 0 Å². The van der Waals surface area contributed by atoms with Crippen molar-refractivity contribution in [2.45, 2.75) is 12.8 Å². The first-order valence-corrected chi connectivity index (χ1v) is 7.06. The summed E-state index contributed by atoms with van der Waals surface area (Å²) >= 11 is 0. The van der Waals surface area contributed by atoms with Crippen LogP contribution in [0.3, 0.4) is 0 Å². The molecule has 1 aliphatic rings. The van der Waals surface area contributed by atoms with Gasteiger partial charge in [0.15, 0.2) is 0 Å². The molecule has 1 N–H and O–H groups in total. The number of nitrogens with one attached hydrogen (secondary N) is 1. The summed E-state index contributed by atoms with van der Waals surface area (Å²) in [6, 6.07) is 6.13. The first-order chi connectivity index (χ1) is 9.69. The second-order valence-electron chi connectivity index (χ2n) is 5.24. The Hall–Kier alpha value is -1.68. The van der Waals surface area contributed by atoms with Crippen LogP contribution >= 0.6 is 0 Å². The summed E-state index contributed by atoms with van der Waals surface area (Å²) in [6.07, 6.45) is 5.55. The monoisotopic (exact) mass is 276 g/mol. The van der Waals surface area contributed by atoms with Crippen molar-refractivity contribution in [3.63, 3.8) is 0 Å². The summed E-state index contributed by atoms with van der Waals surface area (Å²) < 4.78 is 12.8. The molecule has 20 heavy (non-hydrogen) atoms. The molecule has 1 aromatic carbocycles. The molecule has 1 aromatic rings. The van der Waals surface area contributed by atoms with Gasteiger partial charge in [0.2, 0.25) is 5.91 Å². The molecule has 0 spiro atoms. The Morgan fingerprint density at radius 2 is 2.20 bits per heavy atom. The van der Waals surface area contributed by atoms with Gasteiger partial charge in [0.1, 0.15) is 5.82 Å². The fourth-order valence-electron chi connectivity index (χ4n) is 2.57. The second-order valence-corrected chi connectivity index (χ2v) is 5.24. The van der Waals surface area contributed by atoms with Crippen LogP contribution in [0.4, 0.5) is 4.39 Å². The Labute approximate surface area is 119 Å². The van der Waals surface area contributed by atoms with Crippen molar-refractivity contribution in [2.75, 3.05) is 26.7 Å². The Kier molecular flexibility index (Phi) is 5.30. The van der Waals surface area contributed by atoms with Gasteiger partial charge in [-0.15, -0.1) is 0 Å². The number of amides is 1. The minimum Gasteiger partial charge on any atom is -0.339 e. The SMILES string of the molecule is CNCC1CCCN(C(=O)/C=C/c2ccc(F)cc2)C1. The lowest BCUT2D eigenvalue weighted by molar-refractivity contribution is -0.127. The molecule has 1 fully saturated rings. The molecule has 1 heterocycles. The van der Waals surface area contributed by atoms with Crippen LogP contribution in [0.25, 0.3) is 6.08 Å². The van der Waals surface area contributed by atoms with Crippen molar-refractivity contribution in [2.24, 2.45) is 5.92 Å². The number of benzene rings is 1. The predicted octanol–water partition coefficient (Wildman–Crippen LogP) is 2.30. The van der Waals surface area contributed by atoms with Gasteiger partial charge in [0, 0.05) is 19.2 Å². The molecule has 1 aliphatic heterocycles. The molecule has 0 aromatic heterocycles. The molecule has 1 atom stereocenters. The lowest BCUT2D eigenvalue weighted by Gasteiger charge is -2.32. The van der Waals surface area contributed by atoms with Gasteiger partial charge in [-0.05, 0) is 56.1 Å². The largest absolute Gasteiger partial charge is 0.339 e. The molecule has 1 saturated heterocycles. The van der Waals surface area contributed by atoms with E-state index in [1.165, 1.54) is 18.6 Å². The fraction of sp³-hybridized carbons (Fsp3) is 0.438. The van der Waals surface area contributed by atoms with Gasteiger partial charge in [-0.2, -0.15) is 0 Å². The first-order valence-electron chi connectivity index (χ1n) is 7.06. The van der Waals surface area contributed by atoms with Crippen LogP contribution in [-0.4, -0.2) is 37.5 Å². The smallest absolute Gasteiger partial charge is 0.246 e. The number of carbonyl (C=O) groups excluding carboxylic acids is 1. The Morgan fingerprint density at radius 1 is 1.45 bits per heavy atom. The number of hydrogen-bond donors (Lipinski definition) is 1. The lowest BCUT2D eigenvalue weighted by atomic mass is 9.98. The maximum atomic E-state index is 12.8. The van der Waals surface area contributed by atoms with Crippen molar-refractivity contribution in [3.05, 3.63) is 41.7 Å². The van der Waals surface area contributed by atoms with Crippen LogP contribution in [0.2, 0.25) is 0 Å². The minimum atomic E-state index is -0.264. The second kappa shape index (κ2) is 7.20. The van der Waals surface area contributed by atoms with E-state index in [9.17, 15) is 9.18 Å². The van der Waals surface area contributed by atoms with E-state index >= 15 is 0 Å². The summed E-state index contributed by atoms with van der Waals surface area (Å²) in [5.74, 6) is 0.312. The van der Waals surface area contributed by atoms with Crippen molar-refractivity contribution < 1.29 is 9.18 Å². The van der Waals surface area contributed by atoms with Crippen molar-refractivity contribution in [1.82, 2.24) is 10.2 Å². The number of rotatable bonds is 4. The van der Waals surface area contributed by atoms with E-state index in [4.69, 9.17) is 0 Å². The van der Waals surface area contributed by atoms with E-state index in [2.05, 4.69) is 5.32 Å². The first kappa shape index (κ1) is 14.7. The summed E-state index contributed by atoms with van der Waals surface area (Å²) in [5.41, 5.74) is 0.837. The van der Waals surface area contributed by atoms with Crippen LogP contribution in [0.1, 0.15) is 18.4 Å². The number of piperidine rings is 1. The highest BCUT2D eigenvalue weighted by atomic mass is 19.1. The van der Waals surface area contributed by atoms with Crippen molar-refractivity contribution >= 4 is 12.0 Å². The topological polar surface area (TPSA) is 32.3 Å². The molecular weight excluding hydrogens is 255 g/mol. The molecule has 108 valence electrons. The van der Waals surface area contributed by atoms with E-state index in [1.54, 1.807) is 24.3 Å². The van der Waals surface area contributed by atoms with Gasteiger partial charge in [0.05, 0.1) is 0 Å². The Morgan fingerprint density at radius 3 is 2.90 bits per heavy atom. The molecule has 2 rings (SSSR count). The van der Waals surface area contributed by atoms with Gasteiger partial charge >= 0.3 is 0 Å². The van der Waals surface area contributed by atoms with E-state index in [0.717, 1.165) is 31.6 Å². The standard InChI is InChI=1S/C16H21FN2O/c1-18-11-14-3-2-10-19(12-14)16(20)9-6-13-4-7-15(17)8-5-13/h4-9,14,18H,2-3,10-12H2,1H3/b9-6+. The zero-order valence-corrected chi connectivity index (χ0v) is 11.8. The van der Waals surface area contributed by atoms with Crippen LogP contribution in [0.15, 0.2) is 30.3 Å². The quantitative estimate of drug-likeness (QED) is 0.856. The zero-order valence-electron chi connectivity index (χ0n) is 11.8. The van der Waals surface area contributed by atoms with Crippen LogP contribution < -0.4 is 5.32 Å². The third kappa shape index (κ3) is 4.17. The third-order valence-corrected chi connectivity index (χ3v) is 3.61. The van der Waals surface area contributed by atoms with Crippen molar-refractivity contribution in [1.29, 1.82) is 0 Å². The van der Waals surface area contributed by atoms with Gasteiger partial charge in [-0.3, -0.25) is 4.79 Å². The summed E-state index contributed by atoms with van der Waals surface area (Å²) in [5, 5.41) is 3.17. The Bertz CT molecular complexity index is 468. The number of halogens is 1. The Balaban J connectivity index is 1.92. The molecule has 0 bridgehead atoms. The zero-order chi connectivity index (χ0) is 14.4. The summed E-state index contributed by atoms with van der Waals surface area (Å²) in [4.78, 5) is 14.0. The third-order valence-electron chi connectivity index (χ3n) is 3.61. The lowest BCUT2D eigenvalue weighted by Crippen LogP contribution is -2.41. The molecule has 0 radical (unpaired) electrons. The average molecular weight is 276 g/mol. The summed E-state index contributed by atoms with van der Waals surface area (Å²) in [7, 11) is 1.94. The minimum absolute atomic E-state index is 0.0372. The number of hydrogen-bond acceptors (Lipinski definition) is 2. The maximum absolute atomic E-state index is 12.8. The van der Waals surface area contributed by atoms with Gasteiger partial charge < -0.3 is 10.2 Å². The van der Waals surface area contributed by atoms with Gasteiger partial charge in [-0.25, -0.2) is 4.39 Å². The number of carbonyl (C=O) groups is 1. The molecule has 4 heteroatoms. The highest BCUT2D eigenvalue weighted by molar-refractivity contribution is 5.91. The van der Waals surface area contributed by atoms with E-state index < -0.39 is 0 Å². The number of likely N-dealkylation sites (tertiary alicyclic amines) is 1. The predicted molar refractivity (Wildman–Crippen MR) is 78.7 cm³/mol. The van der Waals surface area contributed by atoms with E-state index in [-0.39, 0.29) is 11.7 Å². The maximum Gasteiger partial charge on any atom is 0.246 e. The average Bonchev–Trinajstić information content (AvgIpc) is 2.47. The van der Waals surface area contributed by atoms with Gasteiger partial charge in [0.25, 0.3) is 0 Å². The highest BCUT2D eigenvalue weighted by Gasteiger charge is 2.21. The van der Waals surface area contributed by atoms with Crippen LogP contribution in [-0.2, 0) is 4.79 Å². The molecule has 0 saturated carbocycles. The van der Waals surface area contributed by atoms with Crippen LogP contribution in [0.5, 0.6) is 0 Å². The molecular formula is C16H21FN2O. The molecule has 3 nitrogen and oxygen atoms in total. The number of nitrogens with zero attached hydrogens (tertiary/aromatic N) is 1. The molecule has 1 unspecified atom stereocenters. The molecule has 1 amide bonds. The van der Waals surface area contributed by atoms with E-state index in [0.29, 0.717) is 5.92 Å². The van der Waals surface area contributed by atoms with E-state index in [1.807, 2.05) is 11.9 Å². The van der Waals surface area contributed by atoms with Crippen LogP contribution in [0, 0.1) is 11.7 Å². The fourth-order valence-corrected chi connectivity index (χ4v) is 2.57.